The van der Waals surface area contributed by atoms with Gasteiger partial charge in [0, 0.05) is 72.2 Å². The Morgan fingerprint density at radius 3 is 1.14 bits per heavy atom. The van der Waals surface area contributed by atoms with Crippen molar-refractivity contribution in [1.82, 2.24) is 19.9 Å². The molecule has 2 spiro atoms. The van der Waals surface area contributed by atoms with Crippen LogP contribution in [0.5, 0.6) is 23.0 Å². The van der Waals surface area contributed by atoms with Crippen molar-refractivity contribution >= 4 is 16.8 Å². The normalized spacial score (nSPS) is 14.2. The lowest BCUT2D eigenvalue weighted by Gasteiger charge is -2.40. The SMILES string of the molecule is CC1(C)c2cc(-c3ccc(-c4nc(-c5ccc(-c6cccc7c6Oc6ccccc6C76c7ccccc7-c7ccccc76)cc5)cc(-c5cc6c7c(cccc7c5)CC=C6)n4)cc3)ccc2-c2ccc(-c3cc(-c4ccc(-c5cccc6c5Oc5ccccc5C65c6ccccc6-c6ccccc65)cc4)nc(-c4ccccc4)n3)cc21. The Bertz CT molecular complexity index is 7160. The molecule has 0 unspecified atom stereocenters. The van der Waals surface area contributed by atoms with Gasteiger partial charge in [0.2, 0.25) is 0 Å². The van der Waals surface area contributed by atoms with E-state index < -0.39 is 10.8 Å². The third kappa shape index (κ3) is 9.65. The number of benzene rings is 16. The molecular formula is C110H70N4O2. The summed E-state index contributed by atoms with van der Waals surface area (Å²) in [4.78, 5) is 21.6. The van der Waals surface area contributed by atoms with Crippen molar-refractivity contribution in [3.05, 3.63) is 437 Å². The number of para-hydroxylation sites is 4. The highest BCUT2D eigenvalue weighted by Gasteiger charge is 2.53. The zero-order chi connectivity index (χ0) is 76.5. The number of rotatable bonds is 9. The van der Waals surface area contributed by atoms with Gasteiger partial charge < -0.3 is 9.47 Å². The molecule has 0 amide bonds. The first-order valence-electron chi connectivity index (χ1n) is 40.1. The second kappa shape index (κ2) is 25.1. The topological polar surface area (TPSA) is 70.0 Å². The lowest BCUT2D eigenvalue weighted by molar-refractivity contribution is 0.438. The van der Waals surface area contributed by atoms with E-state index in [-0.39, 0.29) is 5.41 Å². The molecule has 18 aromatic rings. The van der Waals surface area contributed by atoms with Crippen LogP contribution in [0.2, 0.25) is 0 Å². The van der Waals surface area contributed by atoms with Crippen molar-refractivity contribution in [3.8, 4) is 158 Å². The van der Waals surface area contributed by atoms with E-state index in [4.69, 9.17) is 29.4 Å². The van der Waals surface area contributed by atoms with Crippen LogP contribution in [0.15, 0.2) is 370 Å². The van der Waals surface area contributed by atoms with Crippen molar-refractivity contribution in [1.29, 1.82) is 0 Å². The summed E-state index contributed by atoms with van der Waals surface area (Å²) in [5, 5.41) is 2.51. The molecule has 116 heavy (non-hydrogen) atoms. The van der Waals surface area contributed by atoms with Gasteiger partial charge in [0.05, 0.1) is 33.6 Å². The molecule has 0 N–H and O–H groups in total. The molecule has 6 heteroatoms. The predicted molar refractivity (Wildman–Crippen MR) is 469 cm³/mol. The number of ether oxygens (including phenoxy) is 2. The van der Waals surface area contributed by atoms with Gasteiger partial charge in [0.1, 0.15) is 23.0 Å². The first-order chi connectivity index (χ1) is 57.2. The fourth-order valence-corrected chi connectivity index (χ4v) is 20.4. The maximum absolute atomic E-state index is 7.12. The van der Waals surface area contributed by atoms with Crippen molar-refractivity contribution < 1.29 is 9.47 Å². The quantitative estimate of drug-likeness (QED) is 0.143. The van der Waals surface area contributed by atoms with Gasteiger partial charge in [-0.2, -0.15) is 0 Å². The van der Waals surface area contributed by atoms with Gasteiger partial charge >= 0.3 is 0 Å². The number of fused-ring (bicyclic) bond motifs is 21. The molecule has 0 bridgehead atoms. The summed E-state index contributed by atoms with van der Waals surface area (Å²) >= 11 is 0. The van der Waals surface area contributed by atoms with Gasteiger partial charge in [-0.15, -0.1) is 0 Å². The molecule has 24 rings (SSSR count). The van der Waals surface area contributed by atoms with Crippen LogP contribution in [0, 0.1) is 0 Å². The van der Waals surface area contributed by atoms with Crippen LogP contribution < -0.4 is 9.47 Å². The molecule has 4 aliphatic carbocycles. The van der Waals surface area contributed by atoms with Gasteiger partial charge in [0.15, 0.2) is 11.6 Å². The summed E-state index contributed by atoms with van der Waals surface area (Å²) in [6.45, 7) is 4.72. The molecule has 0 fully saturated rings. The molecule has 4 heterocycles. The molecule has 0 radical (unpaired) electrons. The Balaban J connectivity index is 0.549. The smallest absolute Gasteiger partial charge is 0.160 e. The van der Waals surface area contributed by atoms with E-state index >= 15 is 0 Å². The number of nitrogens with zero attached hydrogens (tertiary/aromatic N) is 4. The molecule has 2 aromatic heterocycles. The highest BCUT2D eigenvalue weighted by Crippen LogP contribution is 2.66. The number of aromatic nitrogens is 4. The maximum Gasteiger partial charge on any atom is 0.160 e. The lowest BCUT2D eigenvalue weighted by atomic mass is 9.65. The molecular weight excluding hydrogens is 1410 g/mol. The van der Waals surface area contributed by atoms with Gasteiger partial charge in [-0.25, -0.2) is 19.9 Å². The van der Waals surface area contributed by atoms with Gasteiger partial charge in [0.25, 0.3) is 0 Å². The van der Waals surface area contributed by atoms with E-state index in [0.717, 1.165) is 141 Å². The number of allylic oxidation sites excluding steroid dienone is 1. The van der Waals surface area contributed by atoms with Crippen LogP contribution in [0.25, 0.3) is 151 Å². The van der Waals surface area contributed by atoms with Crippen molar-refractivity contribution in [2.45, 2.75) is 36.5 Å². The fraction of sp³-hybridized carbons (Fsp3) is 0.0545. The van der Waals surface area contributed by atoms with Crippen LogP contribution in [0.3, 0.4) is 0 Å². The van der Waals surface area contributed by atoms with Crippen molar-refractivity contribution in [3.63, 3.8) is 0 Å². The minimum Gasteiger partial charge on any atom is -0.456 e. The van der Waals surface area contributed by atoms with E-state index in [0.29, 0.717) is 11.6 Å². The van der Waals surface area contributed by atoms with Crippen LogP contribution in [-0.4, -0.2) is 19.9 Å². The average molecular weight is 1480 g/mol. The third-order valence-electron chi connectivity index (χ3n) is 25.7. The van der Waals surface area contributed by atoms with Gasteiger partial charge in [-0.3, -0.25) is 0 Å². The maximum atomic E-state index is 7.12. The van der Waals surface area contributed by atoms with E-state index in [1.165, 1.54) is 88.7 Å². The van der Waals surface area contributed by atoms with E-state index in [1.54, 1.807) is 0 Å². The third-order valence-corrected chi connectivity index (χ3v) is 25.7. The second-order valence-corrected chi connectivity index (χ2v) is 32.1. The Morgan fingerprint density at radius 1 is 0.250 bits per heavy atom. The summed E-state index contributed by atoms with van der Waals surface area (Å²) in [6.07, 6.45) is 5.45. The standard InChI is InChI=1S/C110H70N4O2/c1-108(2)95-62-74(56-58-85(95)86-59-57-75(63-96(86)108)99-64-97(111-106(113-99)72-22-4-3-5-23-72)69-50-46-67(47-51-69)79-32-20-40-93-104(79)115-101-42-16-14-38-91(101)109(93)87-34-10-6-28-81(87)82-29-7-11-35-88(82)109)66-44-54-73(55-45-66)107-112-98(65-100(114-107)78-60-76-26-18-24-71-25-19-27-77(61-78)103(71)76)70-52-48-68(49-53-70)80-33-21-41-94-105(80)116-102-43-17-15-39-92(102)110(94)89-36-12-8-30-83(89)84-31-9-13-37-90(84)110/h3-24,26-65H,25H2,1-2H3. The van der Waals surface area contributed by atoms with Crippen LogP contribution >= 0.6 is 0 Å². The number of hydrogen-bond acceptors (Lipinski definition) is 6. The zero-order valence-corrected chi connectivity index (χ0v) is 63.6. The molecule has 0 saturated carbocycles. The Hall–Kier alpha value is -14.7. The van der Waals surface area contributed by atoms with E-state index in [9.17, 15) is 0 Å². The Kier molecular flexibility index (Phi) is 14.3. The molecule has 6 aliphatic rings. The Labute approximate surface area is 672 Å². The molecule has 0 atom stereocenters. The highest BCUT2D eigenvalue weighted by atomic mass is 16.5. The number of hydrogen-bond donors (Lipinski definition) is 0. The average Bonchev–Trinajstić information content (AvgIpc) is 1.49. The largest absolute Gasteiger partial charge is 0.456 e. The molecule has 2 aliphatic heterocycles. The summed E-state index contributed by atoms with van der Waals surface area (Å²) in [5.41, 5.74) is 36.6. The minimum absolute atomic E-state index is 0.336. The summed E-state index contributed by atoms with van der Waals surface area (Å²) in [6, 6.07) is 132. The fourth-order valence-electron chi connectivity index (χ4n) is 20.4. The minimum atomic E-state index is -0.559. The van der Waals surface area contributed by atoms with Crippen molar-refractivity contribution in [2.24, 2.45) is 0 Å². The van der Waals surface area contributed by atoms with E-state index in [1.807, 2.05) is 6.07 Å². The van der Waals surface area contributed by atoms with Gasteiger partial charge in [-0.1, -0.05) is 341 Å². The predicted octanol–water partition coefficient (Wildman–Crippen LogP) is 27.2. The molecule has 0 saturated heterocycles. The van der Waals surface area contributed by atoms with Crippen LogP contribution in [-0.2, 0) is 22.7 Å². The van der Waals surface area contributed by atoms with Crippen LogP contribution in [0.1, 0.15) is 80.6 Å². The summed E-state index contributed by atoms with van der Waals surface area (Å²) in [5.74, 6) is 4.80. The molecule has 542 valence electrons. The van der Waals surface area contributed by atoms with Gasteiger partial charge in [-0.05, 0) is 166 Å². The first-order valence-corrected chi connectivity index (χ1v) is 40.1. The van der Waals surface area contributed by atoms with E-state index in [2.05, 4.69) is 384 Å². The lowest BCUT2D eigenvalue weighted by Crippen LogP contribution is -2.32. The summed E-state index contributed by atoms with van der Waals surface area (Å²) < 4.78 is 14.2. The summed E-state index contributed by atoms with van der Waals surface area (Å²) in [7, 11) is 0. The first kappa shape index (κ1) is 65.9. The Morgan fingerprint density at radius 2 is 0.621 bits per heavy atom. The zero-order valence-electron chi connectivity index (χ0n) is 63.6. The van der Waals surface area contributed by atoms with Crippen LogP contribution in [0.4, 0.5) is 0 Å². The molecule has 16 aromatic carbocycles. The monoisotopic (exact) mass is 1480 g/mol. The molecule has 6 nitrogen and oxygen atoms in total. The second-order valence-electron chi connectivity index (χ2n) is 32.1. The highest BCUT2D eigenvalue weighted by molar-refractivity contribution is 5.99. The van der Waals surface area contributed by atoms with Crippen molar-refractivity contribution in [2.75, 3.05) is 0 Å².